The van der Waals surface area contributed by atoms with E-state index in [0.29, 0.717) is 19.6 Å². The van der Waals surface area contributed by atoms with E-state index in [4.69, 9.17) is 14.6 Å². The minimum Gasteiger partial charge on any atom is -0.481 e. The first kappa shape index (κ1) is 11.6. The van der Waals surface area contributed by atoms with Crippen molar-refractivity contribution < 1.29 is 19.4 Å². The van der Waals surface area contributed by atoms with Crippen molar-refractivity contribution in [3.63, 3.8) is 0 Å². The van der Waals surface area contributed by atoms with Gasteiger partial charge in [0.2, 0.25) is 0 Å². The zero-order valence-corrected chi connectivity index (χ0v) is 9.57. The molecule has 1 heterocycles. The Morgan fingerprint density at radius 2 is 2.19 bits per heavy atom. The van der Waals surface area contributed by atoms with Gasteiger partial charge < -0.3 is 14.6 Å². The van der Waals surface area contributed by atoms with Crippen molar-refractivity contribution in [2.75, 3.05) is 13.2 Å². The fourth-order valence-corrected chi connectivity index (χ4v) is 2.58. The molecule has 0 aromatic rings. The molecule has 16 heavy (non-hydrogen) atoms. The molecule has 0 unspecified atom stereocenters. The highest BCUT2D eigenvalue weighted by Crippen LogP contribution is 2.43. The highest BCUT2D eigenvalue weighted by molar-refractivity contribution is 5.70. The number of hydrogen-bond donors (Lipinski definition) is 1. The number of carboxylic acids is 1. The highest BCUT2D eigenvalue weighted by atomic mass is 16.7. The van der Waals surface area contributed by atoms with Gasteiger partial charge in [-0.25, -0.2) is 0 Å². The summed E-state index contributed by atoms with van der Waals surface area (Å²) >= 11 is 0. The SMILES string of the molecule is C=C1CCC2(C[C@@H]1[C@@H](C)C(=O)O)OCCO2. The summed E-state index contributed by atoms with van der Waals surface area (Å²) in [4.78, 5) is 11.0. The van der Waals surface area contributed by atoms with Crippen LogP contribution in [0.4, 0.5) is 0 Å². The van der Waals surface area contributed by atoms with E-state index >= 15 is 0 Å². The third-order valence-corrected chi connectivity index (χ3v) is 3.69. The Kier molecular flexibility index (Phi) is 3.04. The molecular formula is C12H18O4. The van der Waals surface area contributed by atoms with E-state index in [0.717, 1.165) is 18.4 Å². The summed E-state index contributed by atoms with van der Waals surface area (Å²) in [5, 5.41) is 9.06. The molecule has 1 saturated carbocycles. The van der Waals surface area contributed by atoms with Crippen LogP contribution < -0.4 is 0 Å². The largest absolute Gasteiger partial charge is 0.481 e. The number of carboxylic acid groups (broad SMARTS) is 1. The molecule has 1 spiro atoms. The molecule has 1 saturated heterocycles. The average molecular weight is 226 g/mol. The van der Waals surface area contributed by atoms with Crippen LogP contribution in [0.15, 0.2) is 12.2 Å². The Bertz CT molecular complexity index is 304. The number of ether oxygens (including phenoxy) is 2. The number of allylic oxidation sites excluding steroid dienone is 1. The Morgan fingerprint density at radius 1 is 1.56 bits per heavy atom. The Hall–Kier alpha value is -0.870. The molecule has 2 aliphatic rings. The van der Waals surface area contributed by atoms with Crippen LogP contribution in [0, 0.1) is 11.8 Å². The van der Waals surface area contributed by atoms with Gasteiger partial charge in [-0.15, -0.1) is 0 Å². The molecule has 2 atom stereocenters. The van der Waals surface area contributed by atoms with E-state index in [2.05, 4.69) is 6.58 Å². The zero-order chi connectivity index (χ0) is 11.8. The molecule has 2 rings (SSSR count). The van der Waals surface area contributed by atoms with Gasteiger partial charge in [0.05, 0.1) is 19.1 Å². The highest BCUT2D eigenvalue weighted by Gasteiger charge is 2.45. The Labute approximate surface area is 95.2 Å². The molecular weight excluding hydrogens is 208 g/mol. The summed E-state index contributed by atoms with van der Waals surface area (Å²) in [5.41, 5.74) is 1.01. The van der Waals surface area contributed by atoms with E-state index in [1.54, 1.807) is 6.92 Å². The van der Waals surface area contributed by atoms with Crippen LogP contribution in [0.2, 0.25) is 0 Å². The van der Waals surface area contributed by atoms with Crippen molar-refractivity contribution in [1.82, 2.24) is 0 Å². The topological polar surface area (TPSA) is 55.8 Å². The number of carbonyl (C=O) groups is 1. The van der Waals surface area contributed by atoms with Crippen molar-refractivity contribution in [2.45, 2.75) is 32.0 Å². The third-order valence-electron chi connectivity index (χ3n) is 3.69. The smallest absolute Gasteiger partial charge is 0.306 e. The summed E-state index contributed by atoms with van der Waals surface area (Å²) in [6.45, 7) is 6.93. The van der Waals surface area contributed by atoms with Gasteiger partial charge in [0, 0.05) is 12.8 Å². The van der Waals surface area contributed by atoms with Crippen molar-refractivity contribution in [3.05, 3.63) is 12.2 Å². The van der Waals surface area contributed by atoms with Gasteiger partial charge >= 0.3 is 5.97 Å². The van der Waals surface area contributed by atoms with Crippen LogP contribution in [-0.2, 0) is 14.3 Å². The number of aliphatic carboxylic acids is 1. The van der Waals surface area contributed by atoms with Crippen LogP contribution in [0.5, 0.6) is 0 Å². The first-order chi connectivity index (χ1) is 7.54. The standard InChI is InChI=1S/C12H18O4/c1-8-3-4-12(15-5-6-16-12)7-10(8)9(2)11(13)14/h9-10H,1,3-7H2,2H3,(H,13,14)/t9-,10+/m1/s1. The third kappa shape index (κ3) is 1.99. The molecule has 1 N–H and O–H groups in total. The quantitative estimate of drug-likeness (QED) is 0.729. The zero-order valence-electron chi connectivity index (χ0n) is 9.57. The normalized spacial score (nSPS) is 30.6. The molecule has 90 valence electrons. The van der Waals surface area contributed by atoms with Crippen molar-refractivity contribution in [3.8, 4) is 0 Å². The maximum Gasteiger partial charge on any atom is 0.306 e. The van der Waals surface area contributed by atoms with Crippen LogP contribution in [-0.4, -0.2) is 30.1 Å². The van der Waals surface area contributed by atoms with Crippen LogP contribution in [0.1, 0.15) is 26.2 Å². The van der Waals surface area contributed by atoms with Crippen LogP contribution in [0.25, 0.3) is 0 Å². The fourth-order valence-electron chi connectivity index (χ4n) is 2.58. The average Bonchev–Trinajstić information content (AvgIpc) is 2.70. The molecule has 1 aliphatic carbocycles. The second kappa shape index (κ2) is 4.18. The molecule has 0 bridgehead atoms. The maximum absolute atomic E-state index is 11.0. The molecule has 0 aromatic heterocycles. The van der Waals surface area contributed by atoms with Gasteiger partial charge in [-0.1, -0.05) is 19.1 Å². The van der Waals surface area contributed by atoms with Crippen molar-refractivity contribution in [1.29, 1.82) is 0 Å². The molecule has 0 aromatic carbocycles. The molecule has 4 heteroatoms. The van der Waals surface area contributed by atoms with Crippen molar-refractivity contribution in [2.24, 2.45) is 11.8 Å². The Balaban J connectivity index is 2.11. The van der Waals surface area contributed by atoms with Gasteiger partial charge in [0.15, 0.2) is 5.79 Å². The van der Waals surface area contributed by atoms with Gasteiger partial charge in [0.25, 0.3) is 0 Å². The van der Waals surface area contributed by atoms with Crippen LogP contribution >= 0.6 is 0 Å². The van der Waals surface area contributed by atoms with Crippen molar-refractivity contribution >= 4 is 5.97 Å². The maximum atomic E-state index is 11.0. The molecule has 2 fully saturated rings. The predicted octanol–water partition coefficient (Wildman–Crippen LogP) is 1.81. The minimum absolute atomic E-state index is 0.0376. The fraction of sp³-hybridized carbons (Fsp3) is 0.750. The second-order valence-electron chi connectivity index (χ2n) is 4.70. The second-order valence-corrected chi connectivity index (χ2v) is 4.70. The van der Waals surface area contributed by atoms with Gasteiger partial charge in [0.1, 0.15) is 0 Å². The van der Waals surface area contributed by atoms with Gasteiger partial charge in [-0.05, 0) is 12.3 Å². The summed E-state index contributed by atoms with van der Waals surface area (Å²) in [7, 11) is 0. The lowest BCUT2D eigenvalue weighted by Gasteiger charge is -2.39. The lowest BCUT2D eigenvalue weighted by Crippen LogP contribution is -2.40. The van der Waals surface area contributed by atoms with E-state index in [1.165, 1.54) is 0 Å². The Morgan fingerprint density at radius 3 is 2.75 bits per heavy atom. The molecule has 4 nitrogen and oxygen atoms in total. The predicted molar refractivity (Wildman–Crippen MR) is 57.9 cm³/mol. The first-order valence-corrected chi connectivity index (χ1v) is 5.72. The van der Waals surface area contributed by atoms with Crippen LogP contribution in [0.3, 0.4) is 0 Å². The van der Waals surface area contributed by atoms with E-state index < -0.39 is 17.7 Å². The number of rotatable bonds is 2. The minimum atomic E-state index is -0.777. The molecule has 0 radical (unpaired) electrons. The summed E-state index contributed by atoms with van der Waals surface area (Å²) in [5.74, 6) is -1.77. The molecule has 0 amide bonds. The van der Waals surface area contributed by atoms with Gasteiger partial charge in [-0.2, -0.15) is 0 Å². The van der Waals surface area contributed by atoms with E-state index in [1.807, 2.05) is 0 Å². The summed E-state index contributed by atoms with van der Waals surface area (Å²) in [6.07, 6.45) is 2.22. The van der Waals surface area contributed by atoms with Gasteiger partial charge in [-0.3, -0.25) is 4.79 Å². The lowest BCUT2D eigenvalue weighted by atomic mass is 9.75. The first-order valence-electron chi connectivity index (χ1n) is 5.72. The monoisotopic (exact) mass is 226 g/mol. The summed E-state index contributed by atoms with van der Waals surface area (Å²) in [6, 6.07) is 0. The van der Waals surface area contributed by atoms with E-state index in [-0.39, 0.29) is 5.92 Å². The number of hydrogen-bond acceptors (Lipinski definition) is 3. The lowest BCUT2D eigenvalue weighted by molar-refractivity contribution is -0.184. The summed E-state index contributed by atoms with van der Waals surface area (Å²) < 4.78 is 11.3. The van der Waals surface area contributed by atoms with E-state index in [9.17, 15) is 4.79 Å². The molecule has 1 aliphatic heterocycles.